The lowest BCUT2D eigenvalue weighted by molar-refractivity contribution is -0.161. The maximum Gasteiger partial charge on any atom is 0.306 e. The Kier molecular flexibility index (Phi) is 69.3. The highest BCUT2D eigenvalue weighted by molar-refractivity contribution is 5.70. The first-order chi connectivity index (χ1) is 40.6. The van der Waals surface area contributed by atoms with Gasteiger partial charge in [0.1, 0.15) is 6.61 Å². The maximum absolute atomic E-state index is 12.4. The predicted octanol–water partition coefficient (Wildman–Crippen LogP) is 25.0. The fourth-order valence-corrected chi connectivity index (χ4v) is 10.5. The molecule has 1 N–H and O–H groups in total. The number of rotatable bonds is 66. The summed E-state index contributed by atoms with van der Waals surface area (Å²) in [6, 6.07) is 0. The van der Waals surface area contributed by atoms with Crippen molar-refractivity contribution in [2.75, 3.05) is 13.2 Å². The van der Waals surface area contributed by atoms with Crippen LogP contribution in [0.25, 0.3) is 0 Å². The highest BCUT2D eigenvalue weighted by Crippen LogP contribution is 2.18. The Bertz CT molecular complexity index is 1530. The van der Waals surface area contributed by atoms with Gasteiger partial charge in [-0.15, -0.1) is 0 Å². The second-order valence-electron chi connectivity index (χ2n) is 23.9. The van der Waals surface area contributed by atoms with Crippen molar-refractivity contribution in [3.8, 4) is 0 Å². The SMILES string of the molecule is CC/C=C\C/C=C\C/C=C\C/C=C\C/C=C\C/C=C\C/C=C\CCCCCCCCCCCCCCCCCCCC(=O)OC(CO)COC(=O)CCCCCCCCCCCCCCCCCCC/C=C\CCCCCCCCCC. The second kappa shape index (κ2) is 72.1. The monoisotopic (exact) mass is 1140 g/mol. The van der Waals surface area contributed by atoms with Gasteiger partial charge in [-0.1, -0.05) is 349 Å². The largest absolute Gasteiger partial charge is 0.462 e. The first kappa shape index (κ1) is 78.8. The third-order valence-corrected chi connectivity index (χ3v) is 15.9. The molecule has 0 aromatic heterocycles. The van der Waals surface area contributed by atoms with E-state index in [1.54, 1.807) is 0 Å². The van der Waals surface area contributed by atoms with Gasteiger partial charge in [-0.05, 0) is 96.3 Å². The molecule has 0 fully saturated rings. The summed E-state index contributed by atoms with van der Waals surface area (Å²) in [5.41, 5.74) is 0. The van der Waals surface area contributed by atoms with Gasteiger partial charge in [-0.25, -0.2) is 0 Å². The zero-order valence-corrected chi connectivity index (χ0v) is 54.5. The van der Waals surface area contributed by atoms with Gasteiger partial charge >= 0.3 is 11.9 Å². The minimum absolute atomic E-state index is 0.0639. The molecule has 0 saturated heterocycles. The number of unbranched alkanes of at least 4 members (excludes halogenated alkanes) is 42. The molecular formula is C77H136O5. The van der Waals surface area contributed by atoms with E-state index in [2.05, 4.69) is 111 Å². The average Bonchev–Trinajstić information content (AvgIpc) is 3.49. The Balaban J connectivity index is 3.44. The Morgan fingerprint density at radius 3 is 0.805 bits per heavy atom. The normalized spacial score (nSPS) is 12.8. The molecule has 0 aliphatic heterocycles. The van der Waals surface area contributed by atoms with Crippen LogP contribution in [0.5, 0.6) is 0 Å². The number of ether oxygens (including phenoxy) is 2. The van der Waals surface area contributed by atoms with Crippen LogP contribution >= 0.6 is 0 Å². The smallest absolute Gasteiger partial charge is 0.306 e. The summed E-state index contributed by atoms with van der Waals surface area (Å²) in [7, 11) is 0. The molecule has 0 aliphatic rings. The fourth-order valence-electron chi connectivity index (χ4n) is 10.5. The van der Waals surface area contributed by atoms with Crippen LogP contribution in [0.3, 0.4) is 0 Å². The van der Waals surface area contributed by atoms with Crippen LogP contribution in [0.1, 0.15) is 361 Å². The quantitative estimate of drug-likeness (QED) is 0.0373. The number of carbonyl (C=O) groups excluding carboxylic acids is 2. The first-order valence-corrected chi connectivity index (χ1v) is 35.8. The van der Waals surface area contributed by atoms with Gasteiger partial charge in [0.2, 0.25) is 0 Å². The minimum Gasteiger partial charge on any atom is -0.462 e. The Labute approximate surface area is 510 Å². The number of hydrogen-bond donors (Lipinski definition) is 1. The van der Waals surface area contributed by atoms with Crippen LogP contribution in [0.4, 0.5) is 0 Å². The van der Waals surface area contributed by atoms with Crippen LogP contribution in [0.15, 0.2) is 97.2 Å². The minimum atomic E-state index is -0.775. The van der Waals surface area contributed by atoms with E-state index in [-0.39, 0.29) is 25.2 Å². The maximum atomic E-state index is 12.4. The fraction of sp³-hybridized carbons (Fsp3) is 0.766. The molecule has 1 unspecified atom stereocenters. The van der Waals surface area contributed by atoms with Gasteiger partial charge in [0.25, 0.3) is 0 Å². The molecule has 5 nitrogen and oxygen atoms in total. The molecule has 0 saturated carbocycles. The number of esters is 2. The van der Waals surface area contributed by atoms with Crippen LogP contribution in [-0.2, 0) is 19.1 Å². The van der Waals surface area contributed by atoms with Gasteiger partial charge in [-0.2, -0.15) is 0 Å². The van der Waals surface area contributed by atoms with Crippen molar-refractivity contribution in [3.63, 3.8) is 0 Å². The summed E-state index contributed by atoms with van der Waals surface area (Å²) < 4.78 is 10.8. The summed E-state index contributed by atoms with van der Waals surface area (Å²) in [6.07, 6.45) is 103. The number of aliphatic hydroxyl groups excluding tert-OH is 1. The standard InChI is InChI=1S/C77H136O5/c1-3-5-7-9-11-13-15-17-19-21-23-25-27-29-31-33-34-35-36-37-38-39-40-41-42-44-46-48-50-52-54-56-58-60-62-64-66-68-70-72-77(80)82-75(73-78)74-81-76(79)71-69-67-65-63-61-59-57-55-53-51-49-47-45-43-32-30-28-26-24-22-20-18-16-14-12-10-8-6-4-2/h5,7,11,13,17,19,22-25,29,31,34-35,37-38,75,78H,3-4,6,8-10,12,14-16,18,20-21,26-28,30,32-33,36,39-74H2,1-2H3/b7-5-,13-11-,19-17-,24-22-,25-23-,31-29-,35-34-,38-37-. The number of hydrogen-bond acceptors (Lipinski definition) is 5. The molecule has 0 bridgehead atoms. The van der Waals surface area contributed by atoms with E-state index in [0.717, 1.165) is 83.5 Å². The third-order valence-electron chi connectivity index (χ3n) is 15.9. The Morgan fingerprint density at radius 1 is 0.293 bits per heavy atom. The highest BCUT2D eigenvalue weighted by Gasteiger charge is 2.16. The average molecular weight is 1140 g/mol. The molecule has 0 radical (unpaired) electrons. The predicted molar refractivity (Wildman–Crippen MR) is 362 cm³/mol. The van der Waals surface area contributed by atoms with Crippen molar-refractivity contribution < 1.29 is 24.2 Å². The molecule has 0 rings (SSSR count). The van der Waals surface area contributed by atoms with Crippen LogP contribution < -0.4 is 0 Å². The molecule has 0 aliphatic carbocycles. The van der Waals surface area contributed by atoms with Crippen LogP contribution in [0, 0.1) is 0 Å². The van der Waals surface area contributed by atoms with E-state index in [1.807, 2.05) is 0 Å². The van der Waals surface area contributed by atoms with Gasteiger partial charge < -0.3 is 14.6 Å². The Hall–Kier alpha value is -3.18. The molecule has 0 heterocycles. The molecule has 82 heavy (non-hydrogen) atoms. The molecule has 0 aromatic carbocycles. The number of allylic oxidation sites excluding steroid dienone is 16. The van der Waals surface area contributed by atoms with Gasteiger partial charge in [0, 0.05) is 12.8 Å². The molecule has 474 valence electrons. The lowest BCUT2D eigenvalue weighted by atomic mass is 10.0. The van der Waals surface area contributed by atoms with Crippen molar-refractivity contribution in [3.05, 3.63) is 97.2 Å². The zero-order valence-electron chi connectivity index (χ0n) is 54.5. The van der Waals surface area contributed by atoms with Gasteiger partial charge in [-0.3, -0.25) is 9.59 Å². The number of carbonyl (C=O) groups is 2. The van der Waals surface area contributed by atoms with Gasteiger partial charge in [0.15, 0.2) is 6.10 Å². The van der Waals surface area contributed by atoms with Crippen molar-refractivity contribution in [2.45, 2.75) is 367 Å². The molecule has 0 aromatic rings. The summed E-state index contributed by atoms with van der Waals surface area (Å²) in [6.45, 7) is 4.07. The highest BCUT2D eigenvalue weighted by atomic mass is 16.6. The summed E-state index contributed by atoms with van der Waals surface area (Å²) in [5, 5.41) is 9.71. The van der Waals surface area contributed by atoms with Crippen molar-refractivity contribution >= 4 is 11.9 Å². The third kappa shape index (κ3) is 69.3. The van der Waals surface area contributed by atoms with Crippen molar-refractivity contribution in [1.82, 2.24) is 0 Å². The summed E-state index contributed by atoms with van der Waals surface area (Å²) >= 11 is 0. The van der Waals surface area contributed by atoms with Crippen LogP contribution in [-0.4, -0.2) is 36.4 Å². The second-order valence-corrected chi connectivity index (χ2v) is 23.9. The van der Waals surface area contributed by atoms with E-state index in [1.165, 1.54) is 250 Å². The van der Waals surface area contributed by atoms with Crippen molar-refractivity contribution in [1.29, 1.82) is 0 Å². The molecule has 1 atom stereocenters. The first-order valence-electron chi connectivity index (χ1n) is 35.8. The van der Waals surface area contributed by atoms with E-state index in [9.17, 15) is 14.7 Å². The molecular weight excluding hydrogens is 1000 g/mol. The Morgan fingerprint density at radius 2 is 0.524 bits per heavy atom. The topological polar surface area (TPSA) is 72.8 Å². The lowest BCUT2D eigenvalue weighted by Crippen LogP contribution is -2.28. The van der Waals surface area contributed by atoms with E-state index < -0.39 is 6.10 Å². The molecule has 0 spiro atoms. The van der Waals surface area contributed by atoms with E-state index in [0.29, 0.717) is 12.8 Å². The zero-order chi connectivity index (χ0) is 59.1. The lowest BCUT2D eigenvalue weighted by Gasteiger charge is -2.15. The number of aliphatic hydroxyl groups is 1. The summed E-state index contributed by atoms with van der Waals surface area (Å²) in [4.78, 5) is 24.7. The van der Waals surface area contributed by atoms with E-state index >= 15 is 0 Å². The molecule has 0 amide bonds. The van der Waals surface area contributed by atoms with E-state index in [4.69, 9.17) is 9.47 Å². The summed E-state index contributed by atoms with van der Waals surface area (Å²) in [5.74, 6) is -0.575. The van der Waals surface area contributed by atoms with Crippen LogP contribution in [0.2, 0.25) is 0 Å². The van der Waals surface area contributed by atoms with Gasteiger partial charge in [0.05, 0.1) is 6.61 Å². The molecule has 5 heteroatoms. The van der Waals surface area contributed by atoms with Crippen molar-refractivity contribution in [2.24, 2.45) is 0 Å².